The van der Waals surface area contributed by atoms with E-state index in [1.54, 1.807) is 21.8 Å². The van der Waals surface area contributed by atoms with Crippen LogP contribution in [0.25, 0.3) is 0 Å². The lowest BCUT2D eigenvalue weighted by Crippen LogP contribution is -2.15. The van der Waals surface area contributed by atoms with Crippen LogP contribution in [0.1, 0.15) is 32.7 Å². The van der Waals surface area contributed by atoms with Gasteiger partial charge in [-0.25, -0.2) is 0 Å². The Bertz CT molecular complexity index is 535. The maximum atomic E-state index is 6.13. The monoisotopic (exact) mass is 361 g/mol. The van der Waals surface area contributed by atoms with Gasteiger partial charge < -0.3 is 5.32 Å². The molecule has 1 atom stereocenters. The average Bonchev–Trinajstić information content (AvgIpc) is 2.96. The summed E-state index contributed by atoms with van der Waals surface area (Å²) >= 11 is 13.3. The first kappa shape index (κ1) is 13.1. The van der Waals surface area contributed by atoms with Crippen molar-refractivity contribution in [1.29, 1.82) is 0 Å². The molecule has 0 fully saturated rings. The van der Waals surface area contributed by atoms with Crippen LogP contribution >= 0.6 is 50.2 Å². The lowest BCUT2D eigenvalue weighted by Gasteiger charge is -2.12. The molecular weight excluding hydrogens is 350 g/mol. The van der Waals surface area contributed by atoms with Gasteiger partial charge in [0.2, 0.25) is 0 Å². The highest BCUT2D eigenvalue weighted by molar-refractivity contribution is 9.11. The molecule has 2 heterocycles. The summed E-state index contributed by atoms with van der Waals surface area (Å²) in [7, 11) is 2.01. The van der Waals surface area contributed by atoms with Gasteiger partial charge >= 0.3 is 0 Å². The van der Waals surface area contributed by atoms with Crippen molar-refractivity contribution in [2.24, 2.45) is 0 Å². The Morgan fingerprint density at radius 3 is 2.67 bits per heavy atom. The number of rotatable bonds is 3. The SMILES string of the molecule is CNC(c1cc(Cl)c(Br)s1)c1cc2c(s1)CCC2. The molecule has 1 nitrogen and oxygen atoms in total. The number of aryl methyl sites for hydroxylation is 2. The van der Waals surface area contributed by atoms with Crippen LogP contribution in [-0.2, 0) is 12.8 Å². The van der Waals surface area contributed by atoms with E-state index >= 15 is 0 Å². The van der Waals surface area contributed by atoms with E-state index in [4.69, 9.17) is 11.6 Å². The predicted octanol–water partition coefficient (Wildman–Crippen LogP) is 5.02. The number of thiophene rings is 2. The van der Waals surface area contributed by atoms with E-state index in [2.05, 4.69) is 33.4 Å². The van der Waals surface area contributed by atoms with E-state index in [9.17, 15) is 0 Å². The molecule has 5 heteroatoms. The molecular formula is C13H13BrClNS2. The molecule has 1 unspecified atom stereocenters. The van der Waals surface area contributed by atoms with E-state index in [-0.39, 0.29) is 6.04 Å². The molecule has 0 radical (unpaired) electrons. The zero-order valence-corrected chi connectivity index (χ0v) is 13.9. The Balaban J connectivity index is 1.96. The molecule has 0 saturated heterocycles. The molecule has 1 N–H and O–H groups in total. The van der Waals surface area contributed by atoms with Crippen LogP contribution in [-0.4, -0.2) is 7.05 Å². The molecule has 0 saturated carbocycles. The molecule has 2 aromatic heterocycles. The Kier molecular flexibility index (Phi) is 3.83. The first-order valence-electron chi connectivity index (χ1n) is 5.92. The van der Waals surface area contributed by atoms with Crippen LogP contribution in [0, 0.1) is 0 Å². The van der Waals surface area contributed by atoms with Crippen molar-refractivity contribution in [3.63, 3.8) is 0 Å². The van der Waals surface area contributed by atoms with Crippen molar-refractivity contribution in [2.45, 2.75) is 25.3 Å². The molecule has 0 bridgehead atoms. The van der Waals surface area contributed by atoms with Gasteiger partial charge in [-0.15, -0.1) is 22.7 Å². The van der Waals surface area contributed by atoms with E-state index in [1.807, 2.05) is 18.4 Å². The number of halogens is 2. The first-order valence-corrected chi connectivity index (χ1v) is 8.73. The second-order valence-corrected chi connectivity index (χ2v) is 8.42. The first-order chi connectivity index (χ1) is 8.69. The molecule has 1 aliphatic rings. The second kappa shape index (κ2) is 5.25. The number of hydrogen-bond acceptors (Lipinski definition) is 3. The van der Waals surface area contributed by atoms with Crippen molar-refractivity contribution in [1.82, 2.24) is 5.32 Å². The molecule has 0 aliphatic heterocycles. The lowest BCUT2D eigenvalue weighted by atomic mass is 10.1. The van der Waals surface area contributed by atoms with E-state index in [0.29, 0.717) is 0 Å². The van der Waals surface area contributed by atoms with Crippen molar-refractivity contribution in [2.75, 3.05) is 7.05 Å². The molecule has 0 amide bonds. The fourth-order valence-electron chi connectivity index (χ4n) is 2.42. The Hall–Kier alpha value is 0.130. The van der Waals surface area contributed by atoms with Gasteiger partial charge in [0.25, 0.3) is 0 Å². The predicted molar refractivity (Wildman–Crippen MR) is 84.3 cm³/mol. The van der Waals surface area contributed by atoms with Gasteiger partial charge in [-0.1, -0.05) is 11.6 Å². The summed E-state index contributed by atoms with van der Waals surface area (Å²) in [6.45, 7) is 0. The molecule has 1 aliphatic carbocycles. The summed E-state index contributed by atoms with van der Waals surface area (Å²) in [5.74, 6) is 0. The van der Waals surface area contributed by atoms with Crippen molar-refractivity contribution in [3.05, 3.63) is 41.1 Å². The van der Waals surface area contributed by atoms with Crippen molar-refractivity contribution < 1.29 is 0 Å². The van der Waals surface area contributed by atoms with Gasteiger partial charge in [0.15, 0.2) is 0 Å². The van der Waals surface area contributed by atoms with Crippen LogP contribution in [0.5, 0.6) is 0 Å². The standard InChI is InChI=1S/C13H13BrClNS2/c1-16-12(11-6-8(15)13(14)18-11)10-5-7-3-2-4-9(7)17-10/h5-6,12,16H,2-4H2,1H3. The Morgan fingerprint density at radius 1 is 1.28 bits per heavy atom. The topological polar surface area (TPSA) is 12.0 Å². The smallest absolute Gasteiger partial charge is 0.0888 e. The van der Waals surface area contributed by atoms with Crippen LogP contribution < -0.4 is 5.32 Å². The highest BCUT2D eigenvalue weighted by Gasteiger charge is 2.22. The Labute approximate surface area is 128 Å². The fourth-order valence-corrected chi connectivity index (χ4v) is 5.76. The minimum atomic E-state index is 0.273. The van der Waals surface area contributed by atoms with Crippen LogP contribution in [0.2, 0.25) is 5.02 Å². The summed E-state index contributed by atoms with van der Waals surface area (Å²) in [6.07, 6.45) is 3.82. The van der Waals surface area contributed by atoms with E-state index < -0.39 is 0 Å². The maximum Gasteiger partial charge on any atom is 0.0888 e. The quantitative estimate of drug-likeness (QED) is 0.808. The zero-order valence-electron chi connectivity index (χ0n) is 9.93. The van der Waals surface area contributed by atoms with Gasteiger partial charge in [-0.2, -0.15) is 0 Å². The summed E-state index contributed by atoms with van der Waals surface area (Å²) in [6, 6.07) is 4.70. The largest absolute Gasteiger partial charge is 0.308 e. The third kappa shape index (κ3) is 2.29. The average molecular weight is 363 g/mol. The van der Waals surface area contributed by atoms with Gasteiger partial charge in [0.1, 0.15) is 0 Å². The fraction of sp³-hybridized carbons (Fsp3) is 0.385. The summed E-state index contributed by atoms with van der Waals surface area (Å²) < 4.78 is 1.02. The molecule has 96 valence electrons. The third-order valence-corrected chi connectivity index (χ3v) is 7.13. The zero-order chi connectivity index (χ0) is 12.7. The molecule has 2 aromatic rings. The van der Waals surface area contributed by atoms with Crippen molar-refractivity contribution >= 4 is 50.2 Å². The number of nitrogens with one attached hydrogen (secondary N) is 1. The third-order valence-electron chi connectivity index (χ3n) is 3.29. The van der Waals surface area contributed by atoms with Gasteiger partial charge in [0.05, 0.1) is 14.9 Å². The number of fused-ring (bicyclic) bond motifs is 1. The molecule has 0 spiro atoms. The maximum absolute atomic E-state index is 6.13. The van der Waals surface area contributed by atoms with Crippen LogP contribution in [0.3, 0.4) is 0 Å². The summed E-state index contributed by atoms with van der Waals surface area (Å²) in [5, 5.41) is 4.21. The highest BCUT2D eigenvalue weighted by Crippen LogP contribution is 2.41. The van der Waals surface area contributed by atoms with Gasteiger partial charge in [-0.05, 0) is 59.9 Å². The van der Waals surface area contributed by atoms with Gasteiger partial charge in [-0.3, -0.25) is 0 Å². The van der Waals surface area contributed by atoms with E-state index in [0.717, 1.165) is 8.81 Å². The summed E-state index contributed by atoms with van der Waals surface area (Å²) in [5.41, 5.74) is 1.55. The minimum Gasteiger partial charge on any atom is -0.308 e. The normalized spacial score (nSPS) is 15.9. The second-order valence-electron chi connectivity index (χ2n) is 4.44. The molecule has 3 rings (SSSR count). The lowest BCUT2D eigenvalue weighted by molar-refractivity contribution is 0.715. The number of hydrogen-bond donors (Lipinski definition) is 1. The van der Waals surface area contributed by atoms with Crippen molar-refractivity contribution in [3.8, 4) is 0 Å². The van der Waals surface area contributed by atoms with Gasteiger partial charge in [0, 0.05) is 14.6 Å². The van der Waals surface area contributed by atoms with Crippen LogP contribution in [0.15, 0.2) is 15.9 Å². The summed E-state index contributed by atoms with van der Waals surface area (Å²) in [4.78, 5) is 4.26. The minimum absolute atomic E-state index is 0.273. The Morgan fingerprint density at radius 2 is 2.06 bits per heavy atom. The van der Waals surface area contributed by atoms with Crippen LogP contribution in [0.4, 0.5) is 0 Å². The van der Waals surface area contributed by atoms with E-state index in [1.165, 1.54) is 29.0 Å². The highest BCUT2D eigenvalue weighted by atomic mass is 79.9. The molecule has 0 aromatic carbocycles. The molecule has 18 heavy (non-hydrogen) atoms.